The summed E-state index contributed by atoms with van der Waals surface area (Å²) in [5.41, 5.74) is 0.542. The lowest BCUT2D eigenvalue weighted by Crippen LogP contribution is -2.24. The van der Waals surface area contributed by atoms with Gasteiger partial charge in [-0.15, -0.1) is 0 Å². The van der Waals surface area contributed by atoms with E-state index in [4.69, 9.17) is 16.3 Å². The standard InChI is InChI=1S/C14H17ClO3S/c1-4-18-13(16)9(2)10(3)19-14(17)11-6-5-7-12(15)8-11/h5-10H,4H2,1-3H3. The number of benzene rings is 1. The van der Waals surface area contributed by atoms with Crippen LogP contribution in [-0.2, 0) is 9.53 Å². The SMILES string of the molecule is CCOC(=O)C(C)C(C)SC(=O)c1cccc(Cl)c1. The molecule has 0 N–H and O–H groups in total. The molecule has 0 radical (unpaired) electrons. The minimum absolute atomic E-state index is 0.0915. The van der Waals surface area contributed by atoms with E-state index < -0.39 is 0 Å². The van der Waals surface area contributed by atoms with Gasteiger partial charge in [-0.3, -0.25) is 9.59 Å². The first kappa shape index (κ1) is 16.1. The molecular weight excluding hydrogens is 284 g/mol. The van der Waals surface area contributed by atoms with Crippen molar-refractivity contribution in [3.8, 4) is 0 Å². The lowest BCUT2D eigenvalue weighted by atomic mass is 10.1. The van der Waals surface area contributed by atoms with Crippen molar-refractivity contribution in [3.63, 3.8) is 0 Å². The average Bonchev–Trinajstić information content (AvgIpc) is 2.37. The average molecular weight is 301 g/mol. The number of rotatable bonds is 5. The first-order valence-electron chi connectivity index (χ1n) is 6.09. The summed E-state index contributed by atoms with van der Waals surface area (Å²) in [5.74, 6) is -0.602. The maximum absolute atomic E-state index is 12.0. The Kier molecular flexibility index (Phi) is 6.38. The third-order valence-electron chi connectivity index (χ3n) is 2.72. The van der Waals surface area contributed by atoms with Crippen molar-refractivity contribution in [2.24, 2.45) is 5.92 Å². The second kappa shape index (κ2) is 7.56. The van der Waals surface area contributed by atoms with Gasteiger partial charge in [0.2, 0.25) is 5.12 Å². The molecule has 0 aromatic heterocycles. The molecule has 0 aliphatic heterocycles. The van der Waals surface area contributed by atoms with Crippen LogP contribution < -0.4 is 0 Å². The van der Waals surface area contributed by atoms with Crippen molar-refractivity contribution in [2.75, 3.05) is 6.61 Å². The Balaban J connectivity index is 2.64. The molecule has 0 aliphatic carbocycles. The molecule has 0 amide bonds. The van der Waals surface area contributed by atoms with Crippen LogP contribution in [-0.4, -0.2) is 22.9 Å². The first-order chi connectivity index (χ1) is 8.95. The van der Waals surface area contributed by atoms with Gasteiger partial charge in [0.15, 0.2) is 0 Å². The molecule has 0 heterocycles. The summed E-state index contributed by atoms with van der Waals surface area (Å²) < 4.78 is 4.95. The predicted octanol–water partition coefficient (Wildman–Crippen LogP) is 3.80. The van der Waals surface area contributed by atoms with Gasteiger partial charge in [0.25, 0.3) is 0 Å². The molecule has 0 spiro atoms. The van der Waals surface area contributed by atoms with Gasteiger partial charge < -0.3 is 4.74 Å². The number of hydrogen-bond acceptors (Lipinski definition) is 4. The van der Waals surface area contributed by atoms with Crippen LogP contribution in [0.4, 0.5) is 0 Å². The Hall–Kier alpha value is -1.00. The number of ether oxygens (including phenoxy) is 1. The van der Waals surface area contributed by atoms with E-state index in [9.17, 15) is 9.59 Å². The van der Waals surface area contributed by atoms with Crippen molar-refractivity contribution in [1.29, 1.82) is 0 Å². The van der Waals surface area contributed by atoms with Gasteiger partial charge in [0.05, 0.1) is 12.5 Å². The van der Waals surface area contributed by atoms with Crippen LogP contribution in [0.2, 0.25) is 5.02 Å². The number of halogens is 1. The van der Waals surface area contributed by atoms with Crippen LogP contribution >= 0.6 is 23.4 Å². The molecule has 104 valence electrons. The highest BCUT2D eigenvalue weighted by molar-refractivity contribution is 8.14. The van der Waals surface area contributed by atoms with E-state index in [-0.39, 0.29) is 22.3 Å². The van der Waals surface area contributed by atoms with Crippen LogP contribution in [0.15, 0.2) is 24.3 Å². The summed E-state index contributed by atoms with van der Waals surface area (Å²) in [7, 11) is 0. The highest BCUT2D eigenvalue weighted by Gasteiger charge is 2.24. The third-order valence-corrected chi connectivity index (χ3v) is 4.18. The molecule has 2 atom stereocenters. The van der Waals surface area contributed by atoms with Crippen molar-refractivity contribution in [3.05, 3.63) is 34.9 Å². The van der Waals surface area contributed by atoms with Gasteiger partial charge in [-0.1, -0.05) is 49.3 Å². The molecule has 1 aromatic rings. The first-order valence-corrected chi connectivity index (χ1v) is 7.34. The minimum atomic E-state index is -0.326. The van der Waals surface area contributed by atoms with E-state index in [1.165, 1.54) is 0 Å². The molecule has 19 heavy (non-hydrogen) atoms. The maximum atomic E-state index is 12.0. The van der Waals surface area contributed by atoms with E-state index in [2.05, 4.69) is 0 Å². The largest absolute Gasteiger partial charge is 0.466 e. The maximum Gasteiger partial charge on any atom is 0.309 e. The third kappa shape index (κ3) is 4.88. The number of thioether (sulfide) groups is 1. The van der Waals surface area contributed by atoms with Gasteiger partial charge in [-0.25, -0.2) is 0 Å². The molecule has 0 bridgehead atoms. The highest BCUT2D eigenvalue weighted by atomic mass is 35.5. The van der Waals surface area contributed by atoms with Crippen LogP contribution in [0.25, 0.3) is 0 Å². The smallest absolute Gasteiger partial charge is 0.309 e. The Morgan fingerprint density at radius 3 is 2.63 bits per heavy atom. The van der Waals surface area contributed by atoms with Crippen LogP contribution in [0.1, 0.15) is 31.1 Å². The zero-order valence-corrected chi connectivity index (χ0v) is 12.8. The number of carbonyl (C=O) groups excluding carboxylic acids is 2. The molecule has 1 aromatic carbocycles. The Labute approximate surface area is 122 Å². The minimum Gasteiger partial charge on any atom is -0.466 e. The molecular formula is C14H17ClO3S. The molecule has 3 nitrogen and oxygen atoms in total. The molecule has 1 rings (SSSR count). The Morgan fingerprint density at radius 1 is 1.37 bits per heavy atom. The fraction of sp³-hybridized carbons (Fsp3) is 0.429. The summed E-state index contributed by atoms with van der Waals surface area (Å²) in [6, 6.07) is 6.78. The van der Waals surface area contributed by atoms with Gasteiger partial charge in [0.1, 0.15) is 0 Å². The quantitative estimate of drug-likeness (QED) is 0.776. The number of carbonyl (C=O) groups is 2. The lowest BCUT2D eigenvalue weighted by molar-refractivity contribution is -0.147. The van der Waals surface area contributed by atoms with Crippen molar-refractivity contribution in [2.45, 2.75) is 26.0 Å². The van der Waals surface area contributed by atoms with E-state index in [0.717, 1.165) is 11.8 Å². The summed E-state index contributed by atoms with van der Waals surface area (Å²) in [6.07, 6.45) is 0. The zero-order valence-electron chi connectivity index (χ0n) is 11.2. The highest BCUT2D eigenvalue weighted by Crippen LogP contribution is 2.25. The molecule has 0 saturated heterocycles. The van der Waals surface area contributed by atoms with Gasteiger partial charge in [-0.05, 0) is 19.1 Å². The van der Waals surface area contributed by atoms with Crippen molar-refractivity contribution < 1.29 is 14.3 Å². The normalized spacial score (nSPS) is 13.7. The topological polar surface area (TPSA) is 43.4 Å². The van der Waals surface area contributed by atoms with Gasteiger partial charge in [0, 0.05) is 15.8 Å². The van der Waals surface area contributed by atoms with Gasteiger partial charge >= 0.3 is 5.97 Å². The summed E-state index contributed by atoms with van der Waals surface area (Å²) in [4.78, 5) is 23.6. The summed E-state index contributed by atoms with van der Waals surface area (Å²) in [5, 5.41) is 0.286. The Morgan fingerprint density at radius 2 is 2.05 bits per heavy atom. The second-order valence-electron chi connectivity index (χ2n) is 4.16. The second-order valence-corrected chi connectivity index (χ2v) is 5.95. The van der Waals surface area contributed by atoms with Crippen LogP contribution in [0.5, 0.6) is 0 Å². The fourth-order valence-electron chi connectivity index (χ4n) is 1.42. The summed E-state index contributed by atoms with van der Waals surface area (Å²) in [6.45, 7) is 5.72. The molecule has 2 unspecified atom stereocenters. The van der Waals surface area contributed by atoms with Crippen LogP contribution in [0, 0.1) is 5.92 Å². The molecule has 5 heteroatoms. The van der Waals surface area contributed by atoms with Crippen molar-refractivity contribution >= 4 is 34.4 Å². The number of esters is 1. The van der Waals surface area contributed by atoms with E-state index in [1.807, 2.05) is 6.92 Å². The van der Waals surface area contributed by atoms with Crippen LogP contribution in [0.3, 0.4) is 0 Å². The Bertz CT molecular complexity index is 462. The summed E-state index contributed by atoms with van der Waals surface area (Å²) >= 11 is 6.97. The van der Waals surface area contributed by atoms with Gasteiger partial charge in [-0.2, -0.15) is 0 Å². The zero-order chi connectivity index (χ0) is 14.4. The van der Waals surface area contributed by atoms with E-state index >= 15 is 0 Å². The lowest BCUT2D eigenvalue weighted by Gasteiger charge is -2.17. The molecule has 0 aliphatic rings. The molecule has 0 fully saturated rings. The monoisotopic (exact) mass is 300 g/mol. The molecule has 0 saturated carbocycles. The fourth-order valence-corrected chi connectivity index (χ4v) is 2.53. The van der Waals surface area contributed by atoms with E-state index in [0.29, 0.717) is 17.2 Å². The predicted molar refractivity (Wildman–Crippen MR) is 78.6 cm³/mol. The van der Waals surface area contributed by atoms with E-state index in [1.54, 1.807) is 38.1 Å². The number of hydrogen-bond donors (Lipinski definition) is 0. The van der Waals surface area contributed by atoms with Crippen molar-refractivity contribution in [1.82, 2.24) is 0 Å².